The summed E-state index contributed by atoms with van der Waals surface area (Å²) in [7, 11) is 0. The fourth-order valence-corrected chi connectivity index (χ4v) is 3.53. The van der Waals surface area contributed by atoms with Gasteiger partial charge < -0.3 is 20.6 Å². The highest BCUT2D eigenvalue weighted by Crippen LogP contribution is 2.20. The first-order chi connectivity index (χ1) is 15.1. The number of amides is 1. The van der Waals surface area contributed by atoms with Crippen molar-refractivity contribution in [1.29, 1.82) is 0 Å². The van der Waals surface area contributed by atoms with Gasteiger partial charge in [0.1, 0.15) is 5.82 Å². The van der Waals surface area contributed by atoms with Crippen molar-refractivity contribution in [2.45, 2.75) is 53.2 Å². The average molecular weight is 446 g/mol. The van der Waals surface area contributed by atoms with E-state index in [0.29, 0.717) is 19.5 Å². The van der Waals surface area contributed by atoms with E-state index in [-0.39, 0.29) is 36.4 Å². The zero-order valence-electron chi connectivity index (χ0n) is 19.4. The van der Waals surface area contributed by atoms with Gasteiger partial charge in [-0.25, -0.2) is 4.79 Å². The Bertz CT molecular complexity index is 998. The van der Waals surface area contributed by atoms with Crippen molar-refractivity contribution < 1.29 is 9.90 Å². The minimum Gasteiger partial charge on any atom is -0.392 e. The van der Waals surface area contributed by atoms with Crippen LogP contribution in [0.4, 0.5) is 17.2 Å². The summed E-state index contributed by atoms with van der Waals surface area (Å²) in [5.74, 6) is -0.234. The van der Waals surface area contributed by atoms with E-state index in [1.165, 1.54) is 9.47 Å². The molecular weight excluding hydrogens is 410 g/mol. The van der Waals surface area contributed by atoms with Gasteiger partial charge in [0.25, 0.3) is 5.56 Å². The van der Waals surface area contributed by atoms with Crippen molar-refractivity contribution in [3.63, 3.8) is 0 Å². The molecule has 2 rings (SSSR count). The molecule has 1 atom stereocenters. The molecule has 0 fully saturated rings. The van der Waals surface area contributed by atoms with E-state index in [9.17, 15) is 19.5 Å². The molecule has 1 heterocycles. The van der Waals surface area contributed by atoms with Gasteiger partial charge in [-0.15, -0.1) is 0 Å². The van der Waals surface area contributed by atoms with E-state index in [0.717, 1.165) is 12.1 Å². The number of aliphatic hydroxyl groups excluding tert-OH is 1. The van der Waals surface area contributed by atoms with Crippen LogP contribution in [-0.4, -0.2) is 46.3 Å². The van der Waals surface area contributed by atoms with E-state index >= 15 is 0 Å². The summed E-state index contributed by atoms with van der Waals surface area (Å²) in [6.07, 6.45) is 0.812. The van der Waals surface area contributed by atoms with Crippen molar-refractivity contribution in [1.82, 2.24) is 9.55 Å². The van der Waals surface area contributed by atoms with Crippen LogP contribution in [0, 0.1) is 5.92 Å². The fourth-order valence-electron chi connectivity index (χ4n) is 3.53. The number of nitrogens with zero attached hydrogens (tertiary/aromatic N) is 3. The third-order valence-corrected chi connectivity index (χ3v) is 5.00. The molecule has 0 spiro atoms. The highest BCUT2D eigenvalue weighted by Gasteiger charge is 2.26. The van der Waals surface area contributed by atoms with Crippen LogP contribution in [0.2, 0.25) is 0 Å². The minimum absolute atomic E-state index is 0.00578. The second-order valence-corrected chi connectivity index (χ2v) is 8.46. The standard InChI is InChI=1S/C23H35N5O4/c1-5-6-12-27(20-21(24)28(13-16(2)3)23(32)25-22(20)31)19(30)15-26(14-17(4)29)18-10-8-7-9-11-18/h7-11,16-17,29H,5-6,12-15,24H2,1-4H3,(H,25,31,32). The van der Waals surface area contributed by atoms with Gasteiger partial charge in [-0.1, -0.05) is 45.4 Å². The van der Waals surface area contributed by atoms with E-state index in [2.05, 4.69) is 4.98 Å². The lowest BCUT2D eigenvalue weighted by molar-refractivity contribution is -0.117. The summed E-state index contributed by atoms with van der Waals surface area (Å²) < 4.78 is 1.30. The van der Waals surface area contributed by atoms with Gasteiger partial charge in [-0.3, -0.25) is 19.1 Å². The molecule has 1 aromatic carbocycles. The summed E-state index contributed by atoms with van der Waals surface area (Å²) in [5, 5.41) is 9.95. The summed E-state index contributed by atoms with van der Waals surface area (Å²) in [4.78, 5) is 44.0. The predicted octanol–water partition coefficient (Wildman–Crippen LogP) is 1.80. The van der Waals surface area contributed by atoms with Crippen LogP contribution in [0.5, 0.6) is 0 Å². The van der Waals surface area contributed by atoms with Gasteiger partial charge >= 0.3 is 5.69 Å². The number of nitrogens with one attached hydrogen (secondary N) is 1. The lowest BCUT2D eigenvalue weighted by atomic mass is 10.2. The van der Waals surface area contributed by atoms with Crippen molar-refractivity contribution >= 4 is 23.1 Å². The molecule has 0 aliphatic rings. The zero-order chi connectivity index (χ0) is 23.8. The molecule has 1 amide bonds. The zero-order valence-corrected chi connectivity index (χ0v) is 19.4. The van der Waals surface area contributed by atoms with Gasteiger partial charge in [0.15, 0.2) is 5.69 Å². The molecule has 1 unspecified atom stereocenters. The maximum atomic E-state index is 13.4. The quantitative estimate of drug-likeness (QED) is 0.484. The molecule has 1 aromatic heterocycles. The van der Waals surface area contributed by atoms with Gasteiger partial charge in [-0.2, -0.15) is 0 Å². The Balaban J connectivity index is 2.48. The normalized spacial score (nSPS) is 12.1. The molecule has 0 aliphatic carbocycles. The molecule has 176 valence electrons. The van der Waals surface area contributed by atoms with Crippen molar-refractivity contribution in [2.24, 2.45) is 5.92 Å². The SMILES string of the molecule is CCCCN(C(=O)CN(CC(C)O)c1ccccc1)c1c(N)n(CC(C)C)c(=O)[nH]c1=O. The number of H-pyrrole nitrogens is 1. The monoisotopic (exact) mass is 445 g/mol. The van der Waals surface area contributed by atoms with Gasteiger partial charge in [0, 0.05) is 25.3 Å². The first-order valence-corrected chi connectivity index (χ1v) is 11.1. The highest BCUT2D eigenvalue weighted by molar-refractivity contribution is 5.98. The molecule has 0 aliphatic heterocycles. The number of para-hydroxylation sites is 1. The van der Waals surface area contributed by atoms with Gasteiger partial charge in [0.05, 0.1) is 12.6 Å². The van der Waals surface area contributed by atoms with E-state index in [4.69, 9.17) is 5.73 Å². The van der Waals surface area contributed by atoms with Crippen LogP contribution in [0.1, 0.15) is 40.5 Å². The van der Waals surface area contributed by atoms with Gasteiger partial charge in [0.2, 0.25) is 5.91 Å². The molecule has 0 saturated heterocycles. The number of rotatable bonds is 11. The van der Waals surface area contributed by atoms with Crippen molar-refractivity contribution in [3.05, 3.63) is 51.2 Å². The van der Waals surface area contributed by atoms with Gasteiger partial charge in [-0.05, 0) is 31.4 Å². The third kappa shape index (κ3) is 6.46. The van der Waals surface area contributed by atoms with Crippen LogP contribution in [0.15, 0.2) is 39.9 Å². The lowest BCUT2D eigenvalue weighted by Crippen LogP contribution is -2.47. The number of carbonyl (C=O) groups is 1. The van der Waals surface area contributed by atoms with Crippen molar-refractivity contribution in [2.75, 3.05) is 35.2 Å². The van der Waals surface area contributed by atoms with Crippen LogP contribution >= 0.6 is 0 Å². The average Bonchev–Trinajstić information content (AvgIpc) is 2.73. The second-order valence-electron chi connectivity index (χ2n) is 8.46. The smallest absolute Gasteiger partial charge is 0.330 e. The second kappa shape index (κ2) is 11.5. The van der Waals surface area contributed by atoms with Crippen LogP contribution in [0.25, 0.3) is 0 Å². The summed E-state index contributed by atoms with van der Waals surface area (Å²) >= 11 is 0. The predicted molar refractivity (Wildman–Crippen MR) is 128 cm³/mol. The van der Waals surface area contributed by atoms with Crippen LogP contribution < -0.4 is 26.8 Å². The summed E-state index contributed by atoms with van der Waals surface area (Å²) in [5.41, 5.74) is 5.77. The minimum atomic E-state index is -0.682. The van der Waals surface area contributed by atoms with Crippen LogP contribution in [-0.2, 0) is 11.3 Å². The number of nitrogens with two attached hydrogens (primary N) is 1. The number of nitrogen functional groups attached to an aromatic ring is 1. The Morgan fingerprint density at radius 2 is 1.84 bits per heavy atom. The lowest BCUT2D eigenvalue weighted by Gasteiger charge is -2.30. The maximum absolute atomic E-state index is 13.4. The molecule has 0 radical (unpaired) electrons. The maximum Gasteiger partial charge on any atom is 0.330 e. The Labute approximate surface area is 188 Å². The molecule has 32 heavy (non-hydrogen) atoms. The molecular formula is C23H35N5O4. The summed E-state index contributed by atoms with van der Waals surface area (Å²) in [6.45, 7) is 8.31. The molecule has 4 N–H and O–H groups in total. The largest absolute Gasteiger partial charge is 0.392 e. The van der Waals surface area contributed by atoms with E-state index in [1.807, 2.05) is 51.1 Å². The number of aliphatic hydroxyl groups is 1. The van der Waals surface area contributed by atoms with E-state index in [1.54, 1.807) is 11.8 Å². The molecule has 2 aromatic rings. The number of anilines is 3. The number of aromatic nitrogens is 2. The topological polar surface area (TPSA) is 125 Å². The molecule has 9 heteroatoms. The Hall–Kier alpha value is -3.07. The third-order valence-electron chi connectivity index (χ3n) is 5.00. The number of aromatic amines is 1. The fraction of sp³-hybridized carbons (Fsp3) is 0.522. The van der Waals surface area contributed by atoms with E-state index < -0.39 is 17.4 Å². The molecule has 0 bridgehead atoms. The first kappa shape index (κ1) is 25.2. The van der Waals surface area contributed by atoms with Crippen LogP contribution in [0.3, 0.4) is 0 Å². The first-order valence-electron chi connectivity index (χ1n) is 11.1. The number of benzene rings is 1. The Morgan fingerprint density at radius 3 is 2.41 bits per heavy atom. The number of unbranched alkanes of at least 4 members (excludes halogenated alkanes) is 1. The molecule has 9 nitrogen and oxygen atoms in total. The number of hydrogen-bond acceptors (Lipinski definition) is 6. The molecule has 0 saturated carbocycles. The number of hydrogen-bond donors (Lipinski definition) is 3. The Morgan fingerprint density at radius 1 is 1.19 bits per heavy atom. The van der Waals surface area contributed by atoms with Crippen molar-refractivity contribution in [3.8, 4) is 0 Å². The highest BCUT2D eigenvalue weighted by atomic mass is 16.3. The Kier molecular flexibility index (Phi) is 9.07. The summed E-state index contributed by atoms with van der Waals surface area (Å²) in [6, 6.07) is 9.30. The number of carbonyl (C=O) groups excluding carboxylic acids is 1.